The second kappa shape index (κ2) is 5.67. The van der Waals surface area contributed by atoms with Crippen LogP contribution < -0.4 is 15.2 Å². The molecule has 1 saturated heterocycles. The SMILES string of the molecule is CC1(C)CCN(C(CN)c2cc(Cl)c3c(c2)OCO3)CC1. The number of hydrogen-bond acceptors (Lipinski definition) is 4. The smallest absolute Gasteiger partial charge is 0.231 e. The molecule has 116 valence electrons. The van der Waals surface area contributed by atoms with E-state index < -0.39 is 0 Å². The maximum Gasteiger partial charge on any atom is 0.231 e. The predicted molar refractivity (Wildman–Crippen MR) is 84.0 cm³/mol. The zero-order valence-corrected chi connectivity index (χ0v) is 13.4. The van der Waals surface area contributed by atoms with E-state index in [2.05, 4.69) is 18.7 Å². The summed E-state index contributed by atoms with van der Waals surface area (Å²) in [7, 11) is 0. The van der Waals surface area contributed by atoms with Crippen LogP contribution in [0, 0.1) is 5.41 Å². The first-order valence-corrected chi connectivity index (χ1v) is 7.91. The van der Waals surface area contributed by atoms with E-state index in [1.807, 2.05) is 12.1 Å². The molecule has 1 aromatic carbocycles. The van der Waals surface area contributed by atoms with Crippen LogP contribution in [0.5, 0.6) is 11.5 Å². The van der Waals surface area contributed by atoms with E-state index in [4.69, 9.17) is 26.8 Å². The van der Waals surface area contributed by atoms with Gasteiger partial charge in [0.25, 0.3) is 0 Å². The number of piperidine rings is 1. The van der Waals surface area contributed by atoms with Gasteiger partial charge in [-0.2, -0.15) is 0 Å². The number of likely N-dealkylation sites (tertiary alicyclic amines) is 1. The van der Waals surface area contributed by atoms with Gasteiger partial charge in [0.15, 0.2) is 11.5 Å². The van der Waals surface area contributed by atoms with Gasteiger partial charge in [-0.25, -0.2) is 0 Å². The van der Waals surface area contributed by atoms with Crippen molar-refractivity contribution in [3.05, 3.63) is 22.7 Å². The third kappa shape index (κ3) is 2.98. The molecule has 0 radical (unpaired) electrons. The van der Waals surface area contributed by atoms with Crippen LogP contribution in [0.1, 0.15) is 38.3 Å². The lowest BCUT2D eigenvalue weighted by atomic mass is 9.82. The summed E-state index contributed by atoms with van der Waals surface area (Å²) in [5, 5.41) is 0.607. The van der Waals surface area contributed by atoms with Gasteiger partial charge in [0.1, 0.15) is 0 Å². The van der Waals surface area contributed by atoms with E-state index in [0.29, 0.717) is 22.7 Å². The molecule has 1 fully saturated rings. The maximum absolute atomic E-state index is 6.30. The Balaban J connectivity index is 1.82. The van der Waals surface area contributed by atoms with E-state index in [9.17, 15) is 0 Å². The van der Waals surface area contributed by atoms with E-state index in [0.717, 1.165) is 24.4 Å². The molecule has 0 spiro atoms. The van der Waals surface area contributed by atoms with Crippen LogP contribution in [0.2, 0.25) is 5.02 Å². The van der Waals surface area contributed by atoms with Gasteiger partial charge in [0.05, 0.1) is 5.02 Å². The number of hydrogen-bond donors (Lipinski definition) is 1. The third-order valence-corrected chi connectivity index (χ3v) is 4.93. The van der Waals surface area contributed by atoms with Crippen LogP contribution >= 0.6 is 11.6 Å². The summed E-state index contributed by atoms with van der Waals surface area (Å²) >= 11 is 6.30. The fourth-order valence-electron chi connectivity index (χ4n) is 3.12. The molecule has 5 heteroatoms. The second-order valence-electron chi connectivity index (χ2n) is 6.69. The minimum atomic E-state index is 0.188. The number of rotatable bonds is 3. The van der Waals surface area contributed by atoms with Gasteiger partial charge in [-0.05, 0) is 49.0 Å². The van der Waals surface area contributed by atoms with Crippen molar-refractivity contribution in [1.29, 1.82) is 0 Å². The summed E-state index contributed by atoms with van der Waals surface area (Å²) < 4.78 is 10.8. The highest BCUT2D eigenvalue weighted by Gasteiger charge is 2.30. The van der Waals surface area contributed by atoms with Crippen LogP contribution in [-0.2, 0) is 0 Å². The lowest BCUT2D eigenvalue weighted by Gasteiger charge is -2.41. The van der Waals surface area contributed by atoms with Crippen molar-refractivity contribution >= 4 is 11.6 Å². The first-order valence-electron chi connectivity index (χ1n) is 7.53. The van der Waals surface area contributed by atoms with Crippen molar-refractivity contribution in [1.82, 2.24) is 4.90 Å². The van der Waals surface area contributed by atoms with Crippen molar-refractivity contribution < 1.29 is 9.47 Å². The monoisotopic (exact) mass is 310 g/mol. The molecular formula is C16H23ClN2O2. The second-order valence-corrected chi connectivity index (χ2v) is 7.10. The average Bonchev–Trinajstić information content (AvgIpc) is 2.90. The van der Waals surface area contributed by atoms with Crippen molar-refractivity contribution in [3.63, 3.8) is 0 Å². The molecule has 0 aliphatic carbocycles. The highest BCUT2D eigenvalue weighted by molar-refractivity contribution is 6.32. The molecule has 2 aliphatic heterocycles. The first-order chi connectivity index (χ1) is 10.00. The van der Waals surface area contributed by atoms with Crippen molar-refractivity contribution in [3.8, 4) is 11.5 Å². The number of nitrogens with zero attached hydrogens (tertiary/aromatic N) is 1. The molecule has 21 heavy (non-hydrogen) atoms. The van der Waals surface area contributed by atoms with Crippen LogP contribution in [0.3, 0.4) is 0 Å². The van der Waals surface area contributed by atoms with Crippen LogP contribution in [0.15, 0.2) is 12.1 Å². The molecule has 0 aromatic heterocycles. The molecule has 0 bridgehead atoms. The van der Waals surface area contributed by atoms with Gasteiger partial charge in [-0.15, -0.1) is 0 Å². The molecule has 4 nitrogen and oxygen atoms in total. The van der Waals surface area contributed by atoms with Crippen LogP contribution in [0.4, 0.5) is 0 Å². The highest BCUT2D eigenvalue weighted by Crippen LogP contribution is 2.42. The Bertz CT molecular complexity index is 523. The Morgan fingerprint density at radius 2 is 2.00 bits per heavy atom. The van der Waals surface area contributed by atoms with Crippen molar-refractivity contribution in [2.45, 2.75) is 32.7 Å². The molecular weight excluding hydrogens is 288 g/mol. The fourth-order valence-corrected chi connectivity index (χ4v) is 3.39. The number of fused-ring (bicyclic) bond motifs is 1. The van der Waals surface area contributed by atoms with Crippen LogP contribution in [-0.4, -0.2) is 31.3 Å². The van der Waals surface area contributed by atoms with E-state index in [1.54, 1.807) is 0 Å². The Morgan fingerprint density at radius 3 is 2.67 bits per heavy atom. The molecule has 0 amide bonds. The number of halogens is 1. The zero-order chi connectivity index (χ0) is 15.0. The average molecular weight is 311 g/mol. The molecule has 1 aromatic rings. The van der Waals surface area contributed by atoms with Crippen LogP contribution in [0.25, 0.3) is 0 Å². The van der Waals surface area contributed by atoms with Gasteiger partial charge >= 0.3 is 0 Å². The predicted octanol–water partition coefficient (Wildman–Crippen LogP) is 3.19. The quantitative estimate of drug-likeness (QED) is 0.931. The standard InChI is InChI=1S/C16H23ClN2O2/c1-16(2)3-5-19(6-4-16)13(9-18)11-7-12(17)15-14(8-11)20-10-21-15/h7-8,13H,3-6,9-10,18H2,1-2H3. The highest BCUT2D eigenvalue weighted by atomic mass is 35.5. The van der Waals surface area contributed by atoms with Crippen molar-refractivity contribution in [2.75, 3.05) is 26.4 Å². The number of nitrogens with two attached hydrogens (primary N) is 1. The zero-order valence-electron chi connectivity index (χ0n) is 12.7. The first kappa shape index (κ1) is 14.9. The molecule has 1 unspecified atom stereocenters. The minimum Gasteiger partial charge on any atom is -0.454 e. The largest absolute Gasteiger partial charge is 0.454 e. The number of ether oxygens (including phenoxy) is 2. The lowest BCUT2D eigenvalue weighted by molar-refractivity contribution is 0.0963. The van der Waals surface area contributed by atoms with Gasteiger partial charge < -0.3 is 15.2 Å². The third-order valence-electron chi connectivity index (χ3n) is 4.65. The summed E-state index contributed by atoms with van der Waals surface area (Å²) in [5.74, 6) is 1.38. The molecule has 2 aliphatic rings. The van der Waals surface area contributed by atoms with E-state index >= 15 is 0 Å². The molecule has 2 N–H and O–H groups in total. The topological polar surface area (TPSA) is 47.7 Å². The number of benzene rings is 1. The summed E-state index contributed by atoms with van der Waals surface area (Å²) in [5.41, 5.74) is 7.59. The van der Waals surface area contributed by atoms with Gasteiger partial charge in [-0.1, -0.05) is 25.4 Å². The van der Waals surface area contributed by atoms with E-state index in [-0.39, 0.29) is 12.8 Å². The van der Waals surface area contributed by atoms with Gasteiger partial charge in [-0.3, -0.25) is 4.90 Å². The Hall–Kier alpha value is -0.970. The minimum absolute atomic E-state index is 0.188. The Labute approximate surface area is 131 Å². The molecule has 0 saturated carbocycles. The fraction of sp³-hybridized carbons (Fsp3) is 0.625. The van der Waals surface area contributed by atoms with Gasteiger partial charge in [0.2, 0.25) is 6.79 Å². The van der Waals surface area contributed by atoms with Crippen molar-refractivity contribution in [2.24, 2.45) is 11.1 Å². The Kier molecular flexibility index (Phi) is 4.04. The van der Waals surface area contributed by atoms with Gasteiger partial charge in [0, 0.05) is 12.6 Å². The summed E-state index contributed by atoms with van der Waals surface area (Å²) in [6.45, 7) is 7.63. The molecule has 3 rings (SSSR count). The summed E-state index contributed by atoms with van der Waals surface area (Å²) in [6.07, 6.45) is 2.39. The summed E-state index contributed by atoms with van der Waals surface area (Å²) in [6, 6.07) is 4.17. The lowest BCUT2D eigenvalue weighted by Crippen LogP contribution is -2.42. The molecule has 1 atom stereocenters. The summed E-state index contributed by atoms with van der Waals surface area (Å²) in [4.78, 5) is 2.46. The van der Waals surface area contributed by atoms with E-state index in [1.165, 1.54) is 12.8 Å². The Morgan fingerprint density at radius 1 is 1.29 bits per heavy atom. The normalized spacial score (nSPS) is 22.3. The maximum atomic E-state index is 6.30. The molecule has 2 heterocycles.